The second kappa shape index (κ2) is 5.59. The average Bonchev–Trinajstić information content (AvgIpc) is 2.63. The van der Waals surface area contributed by atoms with Crippen LogP contribution in [0.4, 0.5) is 5.95 Å². The van der Waals surface area contributed by atoms with Gasteiger partial charge in [0.05, 0.1) is 5.75 Å². The quantitative estimate of drug-likeness (QED) is 0.520. The molecule has 0 fully saturated rings. The monoisotopic (exact) mass is 262 g/mol. The van der Waals surface area contributed by atoms with Crippen molar-refractivity contribution in [3.63, 3.8) is 0 Å². The molecule has 0 aliphatic carbocycles. The highest BCUT2D eigenvalue weighted by atomic mass is 32.2. The SMILES string of the molecule is CNS(=O)(=O)CCNC(=O)Cn1cnc(N)n1. The van der Waals surface area contributed by atoms with Gasteiger partial charge in [-0.1, -0.05) is 0 Å². The molecule has 0 radical (unpaired) electrons. The van der Waals surface area contributed by atoms with Gasteiger partial charge >= 0.3 is 0 Å². The van der Waals surface area contributed by atoms with Crippen molar-refractivity contribution in [1.29, 1.82) is 0 Å². The summed E-state index contributed by atoms with van der Waals surface area (Å²) >= 11 is 0. The molecule has 96 valence electrons. The number of hydrogen-bond donors (Lipinski definition) is 3. The van der Waals surface area contributed by atoms with Crippen LogP contribution in [0.2, 0.25) is 0 Å². The van der Waals surface area contributed by atoms with E-state index in [1.165, 1.54) is 18.1 Å². The number of nitrogen functional groups attached to an aromatic ring is 1. The molecule has 10 heteroatoms. The molecule has 0 saturated heterocycles. The molecule has 0 aliphatic rings. The van der Waals surface area contributed by atoms with Crippen molar-refractivity contribution in [2.75, 3.05) is 25.1 Å². The van der Waals surface area contributed by atoms with E-state index in [1.807, 2.05) is 0 Å². The number of carbonyl (C=O) groups is 1. The third-order valence-electron chi connectivity index (χ3n) is 1.86. The van der Waals surface area contributed by atoms with Crippen LogP contribution in [0, 0.1) is 0 Å². The first-order valence-corrected chi connectivity index (χ1v) is 6.41. The molecule has 0 atom stereocenters. The number of rotatable bonds is 6. The average molecular weight is 262 g/mol. The highest BCUT2D eigenvalue weighted by Gasteiger charge is 2.08. The molecule has 4 N–H and O–H groups in total. The zero-order valence-electron chi connectivity index (χ0n) is 9.25. The Hall–Kier alpha value is -1.68. The summed E-state index contributed by atoms with van der Waals surface area (Å²) < 4.78 is 25.5. The van der Waals surface area contributed by atoms with E-state index in [-0.39, 0.29) is 30.7 Å². The Morgan fingerprint density at radius 3 is 2.82 bits per heavy atom. The third-order valence-corrected chi connectivity index (χ3v) is 3.23. The lowest BCUT2D eigenvalue weighted by Crippen LogP contribution is -2.34. The Balaban J connectivity index is 2.31. The highest BCUT2D eigenvalue weighted by Crippen LogP contribution is 1.89. The van der Waals surface area contributed by atoms with E-state index >= 15 is 0 Å². The predicted molar refractivity (Wildman–Crippen MR) is 60.3 cm³/mol. The highest BCUT2D eigenvalue weighted by molar-refractivity contribution is 7.89. The van der Waals surface area contributed by atoms with Crippen molar-refractivity contribution < 1.29 is 13.2 Å². The Morgan fingerprint density at radius 2 is 2.29 bits per heavy atom. The van der Waals surface area contributed by atoms with E-state index in [0.717, 1.165) is 0 Å². The molecule has 0 aliphatic heterocycles. The third kappa shape index (κ3) is 4.78. The first-order valence-electron chi connectivity index (χ1n) is 4.76. The van der Waals surface area contributed by atoms with Crippen LogP contribution >= 0.6 is 0 Å². The molecule has 0 bridgehead atoms. The molecule has 0 spiro atoms. The summed E-state index contributed by atoms with van der Waals surface area (Å²) in [6.45, 7) is -0.0179. The van der Waals surface area contributed by atoms with Crippen molar-refractivity contribution in [3.8, 4) is 0 Å². The molecule has 1 heterocycles. The fourth-order valence-corrected chi connectivity index (χ4v) is 1.59. The van der Waals surface area contributed by atoms with E-state index in [0.29, 0.717) is 0 Å². The van der Waals surface area contributed by atoms with E-state index in [2.05, 4.69) is 20.1 Å². The number of nitrogens with two attached hydrogens (primary N) is 1. The number of amides is 1. The maximum absolute atomic E-state index is 11.3. The van der Waals surface area contributed by atoms with Crippen LogP contribution in [-0.4, -0.2) is 48.4 Å². The van der Waals surface area contributed by atoms with Crippen LogP contribution in [0.1, 0.15) is 0 Å². The molecule has 1 amide bonds. The van der Waals surface area contributed by atoms with Gasteiger partial charge in [0.1, 0.15) is 12.9 Å². The number of sulfonamides is 1. The van der Waals surface area contributed by atoms with Crippen molar-refractivity contribution in [3.05, 3.63) is 6.33 Å². The maximum atomic E-state index is 11.3. The smallest absolute Gasteiger partial charge is 0.241 e. The fourth-order valence-electron chi connectivity index (χ4n) is 1.02. The molecule has 9 nitrogen and oxygen atoms in total. The first kappa shape index (κ1) is 13.4. The Bertz CT molecular complexity index is 482. The van der Waals surface area contributed by atoms with Gasteiger partial charge in [-0.25, -0.2) is 22.8 Å². The van der Waals surface area contributed by atoms with Crippen molar-refractivity contribution in [2.24, 2.45) is 0 Å². The summed E-state index contributed by atoms with van der Waals surface area (Å²) in [7, 11) is -1.99. The summed E-state index contributed by atoms with van der Waals surface area (Å²) in [6, 6.07) is 0. The molecule has 17 heavy (non-hydrogen) atoms. The standard InChI is InChI=1S/C7H14N6O3S/c1-9-17(15,16)3-2-10-6(14)4-13-5-11-7(8)12-13/h5,9H,2-4H2,1H3,(H2,8,12)(H,10,14). The van der Waals surface area contributed by atoms with Crippen LogP contribution < -0.4 is 15.8 Å². The van der Waals surface area contributed by atoms with E-state index in [1.54, 1.807) is 0 Å². The van der Waals surface area contributed by atoms with E-state index in [9.17, 15) is 13.2 Å². The lowest BCUT2D eigenvalue weighted by Gasteiger charge is -2.05. The summed E-state index contributed by atoms with van der Waals surface area (Å²) in [5, 5.41) is 6.16. The summed E-state index contributed by atoms with van der Waals surface area (Å²) in [4.78, 5) is 15.0. The normalized spacial score (nSPS) is 11.4. The fraction of sp³-hybridized carbons (Fsp3) is 0.571. The Morgan fingerprint density at radius 1 is 1.59 bits per heavy atom. The minimum Gasteiger partial charge on any atom is -0.367 e. The van der Waals surface area contributed by atoms with Crippen LogP contribution in [0.15, 0.2) is 6.33 Å². The van der Waals surface area contributed by atoms with Crippen LogP contribution in [0.3, 0.4) is 0 Å². The second-order valence-corrected chi connectivity index (χ2v) is 5.22. The summed E-state index contributed by atoms with van der Waals surface area (Å²) in [6.07, 6.45) is 1.32. The first-order chi connectivity index (χ1) is 7.93. The van der Waals surface area contributed by atoms with Crippen molar-refractivity contribution in [1.82, 2.24) is 24.8 Å². The Labute approximate surface area is 98.4 Å². The number of hydrogen-bond acceptors (Lipinski definition) is 6. The molecule has 0 unspecified atom stereocenters. The molecule has 1 rings (SSSR count). The lowest BCUT2D eigenvalue weighted by atomic mass is 10.5. The summed E-state index contributed by atoms with van der Waals surface area (Å²) in [5.41, 5.74) is 5.27. The van der Waals surface area contributed by atoms with Crippen LogP contribution in [0.25, 0.3) is 0 Å². The van der Waals surface area contributed by atoms with Crippen LogP contribution in [0.5, 0.6) is 0 Å². The van der Waals surface area contributed by atoms with Crippen LogP contribution in [-0.2, 0) is 21.4 Å². The molecule has 0 saturated carbocycles. The number of anilines is 1. The predicted octanol–water partition coefficient (Wildman–Crippen LogP) is -2.47. The van der Waals surface area contributed by atoms with Gasteiger partial charge in [-0.15, -0.1) is 5.10 Å². The van der Waals surface area contributed by atoms with Gasteiger partial charge in [-0.05, 0) is 7.05 Å². The van der Waals surface area contributed by atoms with E-state index in [4.69, 9.17) is 5.73 Å². The largest absolute Gasteiger partial charge is 0.367 e. The second-order valence-electron chi connectivity index (χ2n) is 3.17. The Kier molecular flexibility index (Phi) is 4.40. The van der Waals surface area contributed by atoms with Gasteiger partial charge in [0, 0.05) is 6.54 Å². The van der Waals surface area contributed by atoms with Crippen molar-refractivity contribution in [2.45, 2.75) is 6.54 Å². The number of nitrogens with zero attached hydrogens (tertiary/aromatic N) is 3. The molecule has 1 aromatic heterocycles. The minimum atomic E-state index is -3.30. The van der Waals surface area contributed by atoms with Gasteiger partial charge < -0.3 is 11.1 Å². The molecular weight excluding hydrogens is 248 g/mol. The van der Waals surface area contributed by atoms with Gasteiger partial charge in [0.25, 0.3) is 0 Å². The zero-order chi connectivity index (χ0) is 12.9. The lowest BCUT2D eigenvalue weighted by molar-refractivity contribution is -0.121. The van der Waals surface area contributed by atoms with Gasteiger partial charge in [-0.2, -0.15) is 0 Å². The topological polar surface area (TPSA) is 132 Å². The van der Waals surface area contributed by atoms with Crippen molar-refractivity contribution >= 4 is 21.9 Å². The molecule has 0 aromatic carbocycles. The number of nitrogens with one attached hydrogen (secondary N) is 2. The number of carbonyl (C=O) groups excluding carboxylic acids is 1. The minimum absolute atomic E-state index is 0.0339. The maximum Gasteiger partial charge on any atom is 0.241 e. The summed E-state index contributed by atoms with van der Waals surface area (Å²) in [5.74, 6) is -0.453. The number of aromatic nitrogens is 3. The molecular formula is C7H14N6O3S. The zero-order valence-corrected chi connectivity index (χ0v) is 10.1. The van der Waals surface area contributed by atoms with Gasteiger partial charge in [0.2, 0.25) is 21.9 Å². The van der Waals surface area contributed by atoms with Gasteiger partial charge in [0.15, 0.2) is 0 Å². The van der Waals surface area contributed by atoms with Gasteiger partial charge in [-0.3, -0.25) is 4.79 Å². The molecule has 1 aromatic rings. The van der Waals surface area contributed by atoms with E-state index < -0.39 is 10.0 Å².